The van der Waals surface area contributed by atoms with Crippen LogP contribution in [0, 0.1) is 0 Å². The first-order chi connectivity index (χ1) is 13.9. The summed E-state index contributed by atoms with van der Waals surface area (Å²) in [5.74, 6) is 0. The monoisotopic (exact) mass is 358 g/mol. The van der Waals surface area contributed by atoms with Gasteiger partial charge in [0.25, 0.3) is 0 Å². The molecule has 0 saturated carbocycles. The van der Waals surface area contributed by atoms with Gasteiger partial charge in [-0.25, -0.2) is 4.98 Å². The highest BCUT2D eigenvalue weighted by molar-refractivity contribution is 6.13. The van der Waals surface area contributed by atoms with Crippen molar-refractivity contribution in [3.05, 3.63) is 84.4 Å². The summed E-state index contributed by atoms with van der Waals surface area (Å²) in [5.41, 5.74) is 9.56. The Hall–Kier alpha value is -3.79. The highest BCUT2D eigenvalue weighted by Crippen LogP contribution is 2.41. The summed E-state index contributed by atoms with van der Waals surface area (Å²) in [6.07, 6.45) is 8.48. The van der Waals surface area contributed by atoms with E-state index >= 15 is 0 Å². The average molecular weight is 358 g/mol. The van der Waals surface area contributed by atoms with Gasteiger partial charge in [-0.05, 0) is 45.8 Å². The third-order valence-corrected chi connectivity index (χ3v) is 6.00. The Balaban J connectivity index is 1.72. The Kier molecular flexibility index (Phi) is 2.51. The number of fused-ring (bicyclic) bond motifs is 12. The molecule has 4 heteroatoms. The molecule has 4 heterocycles. The van der Waals surface area contributed by atoms with E-state index in [9.17, 15) is 0 Å². The van der Waals surface area contributed by atoms with Crippen LogP contribution in [0.4, 0.5) is 0 Å². The maximum absolute atomic E-state index is 5.14. The van der Waals surface area contributed by atoms with Crippen molar-refractivity contribution >= 4 is 38.4 Å². The Morgan fingerprint density at radius 1 is 0.714 bits per heavy atom. The van der Waals surface area contributed by atoms with Gasteiger partial charge >= 0.3 is 0 Å². The SMILES string of the molecule is c1ccc2c(c1)Cc1c-2ccc2c1nc1c3cnccc3c3ccncc3n21. The van der Waals surface area contributed by atoms with Crippen LogP contribution in [-0.4, -0.2) is 19.4 Å². The molecule has 0 aliphatic heterocycles. The molecule has 0 N–H and O–H groups in total. The van der Waals surface area contributed by atoms with Crippen LogP contribution in [0.1, 0.15) is 11.1 Å². The summed E-state index contributed by atoms with van der Waals surface area (Å²) in [7, 11) is 0. The van der Waals surface area contributed by atoms with Gasteiger partial charge in [0.2, 0.25) is 0 Å². The number of aromatic nitrogens is 4. The molecular formula is C24H14N4. The summed E-state index contributed by atoms with van der Waals surface area (Å²) < 4.78 is 2.24. The predicted molar refractivity (Wildman–Crippen MR) is 112 cm³/mol. The van der Waals surface area contributed by atoms with Crippen LogP contribution in [-0.2, 0) is 6.42 Å². The molecule has 0 bridgehead atoms. The molecule has 4 nitrogen and oxygen atoms in total. The summed E-state index contributed by atoms with van der Waals surface area (Å²) >= 11 is 0. The number of imidazole rings is 1. The second-order valence-corrected chi connectivity index (χ2v) is 7.38. The number of hydrogen-bond donors (Lipinski definition) is 0. The predicted octanol–water partition coefficient (Wildman–Crippen LogP) is 5.16. The number of benzene rings is 2. The van der Waals surface area contributed by atoms with E-state index in [1.807, 2.05) is 24.8 Å². The van der Waals surface area contributed by atoms with Gasteiger partial charge in [-0.1, -0.05) is 30.3 Å². The Labute approximate surface area is 160 Å². The van der Waals surface area contributed by atoms with Gasteiger partial charge in [-0.15, -0.1) is 0 Å². The van der Waals surface area contributed by atoms with E-state index in [4.69, 9.17) is 4.98 Å². The molecule has 6 aromatic rings. The first-order valence-corrected chi connectivity index (χ1v) is 9.42. The molecule has 7 rings (SSSR count). The highest BCUT2D eigenvalue weighted by atomic mass is 15.0. The fourth-order valence-corrected chi connectivity index (χ4v) is 4.78. The summed E-state index contributed by atoms with van der Waals surface area (Å²) in [5, 5.41) is 3.40. The number of pyridine rings is 3. The molecule has 0 atom stereocenters. The molecule has 0 unspecified atom stereocenters. The van der Waals surface area contributed by atoms with Gasteiger partial charge in [0.05, 0.1) is 22.7 Å². The molecule has 0 saturated heterocycles. The van der Waals surface area contributed by atoms with Crippen molar-refractivity contribution in [3.8, 4) is 11.1 Å². The topological polar surface area (TPSA) is 43.1 Å². The van der Waals surface area contributed by atoms with Crippen LogP contribution in [0.2, 0.25) is 0 Å². The third-order valence-electron chi connectivity index (χ3n) is 6.00. The Morgan fingerprint density at radius 3 is 2.54 bits per heavy atom. The Morgan fingerprint density at radius 2 is 1.57 bits per heavy atom. The lowest BCUT2D eigenvalue weighted by molar-refractivity contribution is 1.26. The molecule has 1 aliphatic rings. The minimum absolute atomic E-state index is 0.930. The number of nitrogens with zero attached hydrogens (tertiary/aromatic N) is 4. The fraction of sp³-hybridized carbons (Fsp3) is 0.0417. The number of hydrogen-bond acceptors (Lipinski definition) is 3. The molecule has 130 valence electrons. The maximum Gasteiger partial charge on any atom is 0.148 e. The van der Waals surface area contributed by atoms with Crippen LogP contribution in [0.15, 0.2) is 73.3 Å². The van der Waals surface area contributed by atoms with Gasteiger partial charge < -0.3 is 0 Å². The van der Waals surface area contributed by atoms with Crippen LogP contribution in [0.3, 0.4) is 0 Å². The van der Waals surface area contributed by atoms with Crippen molar-refractivity contribution in [1.82, 2.24) is 19.4 Å². The zero-order valence-electron chi connectivity index (χ0n) is 14.9. The van der Waals surface area contributed by atoms with Gasteiger partial charge in [0.15, 0.2) is 0 Å². The third kappa shape index (κ3) is 1.63. The van der Waals surface area contributed by atoms with E-state index in [0.717, 1.165) is 39.4 Å². The minimum Gasteiger partial charge on any atom is -0.290 e. The highest BCUT2D eigenvalue weighted by Gasteiger charge is 2.23. The van der Waals surface area contributed by atoms with Crippen molar-refractivity contribution in [2.45, 2.75) is 6.42 Å². The van der Waals surface area contributed by atoms with E-state index < -0.39 is 0 Å². The molecule has 4 aromatic heterocycles. The van der Waals surface area contributed by atoms with E-state index in [1.165, 1.54) is 27.6 Å². The van der Waals surface area contributed by atoms with Crippen molar-refractivity contribution in [2.75, 3.05) is 0 Å². The fourth-order valence-electron chi connectivity index (χ4n) is 4.78. The molecule has 28 heavy (non-hydrogen) atoms. The van der Waals surface area contributed by atoms with Crippen molar-refractivity contribution < 1.29 is 0 Å². The summed E-state index contributed by atoms with van der Waals surface area (Å²) in [6.45, 7) is 0. The lowest BCUT2D eigenvalue weighted by atomic mass is 10.1. The number of rotatable bonds is 0. The first-order valence-electron chi connectivity index (χ1n) is 9.42. The minimum atomic E-state index is 0.930. The van der Waals surface area contributed by atoms with Gasteiger partial charge in [0, 0.05) is 35.8 Å². The van der Waals surface area contributed by atoms with E-state index in [1.54, 1.807) is 0 Å². The lowest BCUT2D eigenvalue weighted by Gasteiger charge is -2.08. The molecular weight excluding hydrogens is 344 g/mol. The van der Waals surface area contributed by atoms with Crippen molar-refractivity contribution in [2.24, 2.45) is 0 Å². The lowest BCUT2D eigenvalue weighted by Crippen LogP contribution is -1.92. The zero-order chi connectivity index (χ0) is 18.2. The molecule has 0 amide bonds. The Bertz CT molecular complexity index is 1590. The molecule has 0 radical (unpaired) electrons. The normalized spacial score (nSPS) is 12.9. The largest absolute Gasteiger partial charge is 0.290 e. The van der Waals surface area contributed by atoms with Gasteiger partial charge in [-0.3, -0.25) is 14.4 Å². The van der Waals surface area contributed by atoms with Crippen LogP contribution in [0.5, 0.6) is 0 Å². The van der Waals surface area contributed by atoms with Gasteiger partial charge in [0.1, 0.15) is 5.65 Å². The van der Waals surface area contributed by atoms with E-state index in [-0.39, 0.29) is 0 Å². The van der Waals surface area contributed by atoms with Crippen LogP contribution in [0.25, 0.3) is 49.5 Å². The molecule has 0 spiro atoms. The summed E-state index contributed by atoms with van der Waals surface area (Å²) in [6, 6.07) is 17.2. The standard InChI is InChI=1S/C24H14N4/c1-2-4-15-14(3-1)11-19-16(15)5-6-21-23(19)27-24-20-12-25-9-7-17(20)18-8-10-26-13-22(18)28(21)24/h1-10,12-13H,11H2. The second-order valence-electron chi connectivity index (χ2n) is 7.38. The van der Waals surface area contributed by atoms with Crippen LogP contribution < -0.4 is 0 Å². The molecule has 1 aliphatic carbocycles. The molecule has 0 fully saturated rings. The summed E-state index contributed by atoms with van der Waals surface area (Å²) in [4.78, 5) is 13.9. The van der Waals surface area contributed by atoms with Crippen LogP contribution >= 0.6 is 0 Å². The maximum atomic E-state index is 5.14. The quantitative estimate of drug-likeness (QED) is 0.352. The van der Waals surface area contributed by atoms with Crippen molar-refractivity contribution in [3.63, 3.8) is 0 Å². The van der Waals surface area contributed by atoms with E-state index in [0.29, 0.717) is 0 Å². The van der Waals surface area contributed by atoms with Gasteiger partial charge in [-0.2, -0.15) is 0 Å². The van der Waals surface area contributed by atoms with Crippen molar-refractivity contribution in [1.29, 1.82) is 0 Å². The smallest absolute Gasteiger partial charge is 0.148 e. The zero-order valence-corrected chi connectivity index (χ0v) is 14.9. The first kappa shape index (κ1) is 14.3. The molecule has 2 aromatic carbocycles. The van der Waals surface area contributed by atoms with E-state index in [2.05, 4.69) is 62.9 Å². The second kappa shape index (κ2) is 4.93. The average Bonchev–Trinajstić information content (AvgIpc) is 3.33.